The molecule has 0 atom stereocenters. The van der Waals surface area contributed by atoms with Gasteiger partial charge in [-0.1, -0.05) is 166 Å². The molecule has 0 heteroatoms. The maximum atomic E-state index is 2.51. The molecule has 0 saturated carbocycles. The minimum atomic E-state index is -0.170. The molecule has 2 aliphatic carbocycles. The molecule has 9 aromatic carbocycles. The largest absolute Gasteiger partial charge is 0.0622 e. The van der Waals surface area contributed by atoms with Gasteiger partial charge in [0.15, 0.2) is 0 Å². The van der Waals surface area contributed by atoms with Gasteiger partial charge < -0.3 is 0 Å². The molecule has 2 aliphatic rings. The fourth-order valence-corrected chi connectivity index (χ4v) is 11.9. The van der Waals surface area contributed by atoms with Crippen LogP contribution in [0.1, 0.15) is 83.3 Å². The fourth-order valence-electron chi connectivity index (χ4n) is 11.9. The Morgan fingerprint density at radius 3 is 0.879 bits per heavy atom. The lowest BCUT2D eigenvalue weighted by Crippen LogP contribution is -2.15. The van der Waals surface area contributed by atoms with Crippen LogP contribution in [0.2, 0.25) is 0 Å². The summed E-state index contributed by atoms with van der Waals surface area (Å²) in [7, 11) is 0. The average molecular weight is 851 g/mol. The van der Waals surface area contributed by atoms with Crippen LogP contribution in [0.15, 0.2) is 170 Å². The highest BCUT2D eigenvalue weighted by atomic mass is 14.4. The third-order valence-electron chi connectivity index (χ3n) is 15.6. The van der Waals surface area contributed by atoms with Gasteiger partial charge >= 0.3 is 0 Å². The van der Waals surface area contributed by atoms with Crippen molar-refractivity contribution in [1.29, 1.82) is 0 Å². The monoisotopic (exact) mass is 850 g/mol. The summed E-state index contributed by atoms with van der Waals surface area (Å²) < 4.78 is 0. The van der Waals surface area contributed by atoms with Gasteiger partial charge in [-0.05, 0) is 218 Å². The Morgan fingerprint density at radius 2 is 0.530 bits per heavy atom. The smallest absolute Gasteiger partial charge is 0.0159 e. The number of hydrogen-bond acceptors (Lipinski definition) is 0. The van der Waals surface area contributed by atoms with Crippen molar-refractivity contribution >= 4 is 0 Å². The molecule has 0 heterocycles. The molecule has 0 fully saturated rings. The van der Waals surface area contributed by atoms with E-state index in [9.17, 15) is 0 Å². The maximum absolute atomic E-state index is 2.51. The lowest BCUT2D eigenvalue weighted by atomic mass is 9.78. The molecule has 0 aromatic heterocycles. The molecule has 0 nitrogen and oxygen atoms in total. The summed E-state index contributed by atoms with van der Waals surface area (Å²) in [4.78, 5) is 0. The molecule has 322 valence electrons. The van der Waals surface area contributed by atoms with E-state index in [1.807, 2.05) is 0 Å². The minimum absolute atomic E-state index is 0.117. The summed E-state index contributed by atoms with van der Waals surface area (Å²) in [6.45, 7) is 23.4. The zero-order valence-corrected chi connectivity index (χ0v) is 40.2. The molecule has 0 radical (unpaired) electrons. The first-order valence-electron chi connectivity index (χ1n) is 23.7. The molecule has 0 aliphatic heterocycles. The standard InChI is InChI=1S/C66H58/c1-39-29-40(2)31-51(30-39)47-21-25-55-57-27-23-49(37-61(57)65(7,8)59(55)35-47)63-41(3)43(5)64(44(6)42(63)4)50-24-28-58-56-26-22-48(36-60(56)66(9,10)62(58)38-50)54-33-52(45-17-13-11-14-18-45)32-53(34-54)46-19-15-12-16-20-46/h11-38H,1-10H3. The minimum Gasteiger partial charge on any atom is -0.0622 e. The highest BCUT2D eigenvalue weighted by Gasteiger charge is 2.38. The van der Waals surface area contributed by atoms with Gasteiger partial charge in [0.25, 0.3) is 0 Å². The Labute approximate surface area is 392 Å². The number of rotatable bonds is 6. The summed E-state index contributed by atoms with van der Waals surface area (Å²) in [6, 6.07) is 64.3. The lowest BCUT2D eigenvalue weighted by molar-refractivity contribution is 0.660. The van der Waals surface area contributed by atoms with Crippen molar-refractivity contribution in [1.82, 2.24) is 0 Å². The number of hydrogen-bond donors (Lipinski definition) is 0. The summed E-state index contributed by atoms with van der Waals surface area (Å²) in [5.41, 5.74) is 34.1. The Kier molecular flexibility index (Phi) is 9.65. The van der Waals surface area contributed by atoms with Gasteiger partial charge in [-0.25, -0.2) is 0 Å². The van der Waals surface area contributed by atoms with E-state index in [-0.39, 0.29) is 10.8 Å². The van der Waals surface area contributed by atoms with E-state index in [1.165, 1.54) is 145 Å². The van der Waals surface area contributed by atoms with Gasteiger partial charge in [-0.15, -0.1) is 0 Å². The van der Waals surface area contributed by atoms with Crippen LogP contribution in [0.3, 0.4) is 0 Å². The van der Waals surface area contributed by atoms with Crippen LogP contribution < -0.4 is 0 Å². The van der Waals surface area contributed by atoms with Gasteiger partial charge in [-0.2, -0.15) is 0 Å². The Morgan fingerprint density at radius 1 is 0.242 bits per heavy atom. The van der Waals surface area contributed by atoms with Crippen LogP contribution in [0, 0.1) is 41.5 Å². The highest BCUT2D eigenvalue weighted by Crippen LogP contribution is 2.54. The third kappa shape index (κ3) is 6.56. The normalized spacial score (nSPS) is 13.8. The van der Waals surface area contributed by atoms with E-state index in [2.05, 4.69) is 239 Å². The van der Waals surface area contributed by atoms with Crippen molar-refractivity contribution < 1.29 is 0 Å². The van der Waals surface area contributed by atoms with E-state index in [1.54, 1.807) is 0 Å². The lowest BCUT2D eigenvalue weighted by Gasteiger charge is -2.25. The van der Waals surface area contributed by atoms with Crippen LogP contribution in [0.5, 0.6) is 0 Å². The van der Waals surface area contributed by atoms with E-state index in [4.69, 9.17) is 0 Å². The molecular formula is C66H58. The van der Waals surface area contributed by atoms with E-state index in [0.717, 1.165) is 0 Å². The van der Waals surface area contributed by atoms with E-state index < -0.39 is 0 Å². The zero-order chi connectivity index (χ0) is 45.8. The molecular weight excluding hydrogens is 793 g/mol. The molecule has 0 bridgehead atoms. The van der Waals surface area contributed by atoms with Gasteiger partial charge in [0.2, 0.25) is 0 Å². The molecule has 11 rings (SSSR count). The zero-order valence-electron chi connectivity index (χ0n) is 40.2. The quantitative estimate of drug-likeness (QED) is 0.156. The van der Waals surface area contributed by atoms with Gasteiger partial charge in [0.1, 0.15) is 0 Å². The van der Waals surface area contributed by atoms with E-state index >= 15 is 0 Å². The van der Waals surface area contributed by atoms with Crippen molar-refractivity contribution in [3.05, 3.63) is 225 Å². The molecule has 66 heavy (non-hydrogen) atoms. The molecule has 0 saturated heterocycles. The summed E-state index contributed by atoms with van der Waals surface area (Å²) >= 11 is 0. The topological polar surface area (TPSA) is 0 Å². The molecule has 0 amide bonds. The fraction of sp³-hybridized carbons (Fsp3) is 0.182. The van der Waals surface area contributed by atoms with Gasteiger partial charge in [0.05, 0.1) is 0 Å². The highest BCUT2D eigenvalue weighted by molar-refractivity contribution is 5.91. The second kappa shape index (κ2) is 15.3. The van der Waals surface area contributed by atoms with Crippen molar-refractivity contribution in [2.45, 2.75) is 80.1 Å². The molecule has 0 unspecified atom stereocenters. The first kappa shape index (κ1) is 41.7. The molecule has 9 aromatic rings. The summed E-state index contributed by atoms with van der Waals surface area (Å²) in [5, 5.41) is 0. The summed E-state index contributed by atoms with van der Waals surface area (Å²) in [5.74, 6) is 0. The predicted molar refractivity (Wildman–Crippen MR) is 283 cm³/mol. The maximum Gasteiger partial charge on any atom is 0.0159 e. The van der Waals surface area contributed by atoms with Crippen molar-refractivity contribution in [2.24, 2.45) is 0 Å². The van der Waals surface area contributed by atoms with Crippen molar-refractivity contribution in [2.75, 3.05) is 0 Å². The van der Waals surface area contributed by atoms with E-state index in [0.29, 0.717) is 0 Å². The number of fused-ring (bicyclic) bond motifs is 6. The second-order valence-corrected chi connectivity index (χ2v) is 20.4. The predicted octanol–water partition coefficient (Wildman–Crippen LogP) is 18.2. The molecule has 0 spiro atoms. The Balaban J connectivity index is 0.944. The number of aryl methyl sites for hydroxylation is 2. The van der Waals surface area contributed by atoms with Crippen LogP contribution in [0.25, 0.3) is 89.0 Å². The Hall–Kier alpha value is -7.02. The molecule has 0 N–H and O–H groups in total. The average Bonchev–Trinajstić information content (AvgIpc) is 3.69. The third-order valence-corrected chi connectivity index (χ3v) is 15.6. The van der Waals surface area contributed by atoms with Crippen LogP contribution in [-0.4, -0.2) is 0 Å². The van der Waals surface area contributed by atoms with Crippen LogP contribution in [-0.2, 0) is 10.8 Å². The summed E-state index contributed by atoms with van der Waals surface area (Å²) in [6.07, 6.45) is 0. The van der Waals surface area contributed by atoms with Crippen molar-refractivity contribution in [3.63, 3.8) is 0 Å². The number of benzene rings is 9. The Bertz CT molecular complexity index is 3340. The van der Waals surface area contributed by atoms with Crippen LogP contribution >= 0.6 is 0 Å². The SMILES string of the molecule is Cc1cc(C)cc(-c2ccc3c(c2)C(C)(C)c2cc(-c4c(C)c(C)c(-c5ccc6c(c5)C(C)(C)c5cc(-c7cc(-c8ccccc8)cc(-c8ccccc8)c7)ccc5-6)c(C)c4C)ccc2-3)c1. The van der Waals surface area contributed by atoms with Gasteiger partial charge in [0, 0.05) is 10.8 Å². The van der Waals surface area contributed by atoms with Crippen LogP contribution in [0.4, 0.5) is 0 Å². The van der Waals surface area contributed by atoms with Gasteiger partial charge in [-0.3, -0.25) is 0 Å². The van der Waals surface area contributed by atoms with Crippen molar-refractivity contribution in [3.8, 4) is 89.0 Å². The first-order valence-corrected chi connectivity index (χ1v) is 23.7. The second-order valence-electron chi connectivity index (χ2n) is 20.4. The first-order chi connectivity index (χ1) is 31.7.